The predicted molar refractivity (Wildman–Crippen MR) is 111 cm³/mol. The molecule has 0 saturated carbocycles. The predicted octanol–water partition coefficient (Wildman–Crippen LogP) is 3.39. The van der Waals surface area contributed by atoms with Crippen LogP contribution in [0, 0.1) is 0 Å². The largest absolute Gasteiger partial charge is 0.424 e. The van der Waals surface area contributed by atoms with Gasteiger partial charge in [0.15, 0.2) is 0 Å². The smallest absolute Gasteiger partial charge is 0.374 e. The zero-order chi connectivity index (χ0) is 22.4. The number of benzene rings is 1. The van der Waals surface area contributed by atoms with Gasteiger partial charge in [-0.05, 0) is 23.6 Å². The third-order valence-corrected chi connectivity index (χ3v) is 6.79. The number of rotatable bonds is 5. The van der Waals surface area contributed by atoms with Gasteiger partial charge >= 0.3 is 6.18 Å². The number of H-pyrrole nitrogens is 1. The van der Waals surface area contributed by atoms with E-state index in [9.17, 15) is 27.9 Å². The van der Waals surface area contributed by atoms with Crippen molar-refractivity contribution in [1.29, 1.82) is 0 Å². The minimum atomic E-state index is -5.13. The van der Waals surface area contributed by atoms with Gasteiger partial charge in [-0.25, -0.2) is 9.97 Å². The number of fused-ring (bicyclic) bond motifs is 2. The van der Waals surface area contributed by atoms with Crippen LogP contribution >= 0.6 is 22.7 Å². The van der Waals surface area contributed by atoms with Gasteiger partial charge in [-0.1, -0.05) is 12.1 Å². The Kier molecular flexibility index (Phi) is 5.31. The summed E-state index contributed by atoms with van der Waals surface area (Å²) in [6.07, 6.45) is -6.38. The van der Waals surface area contributed by atoms with Gasteiger partial charge < -0.3 is 15.0 Å². The molecule has 0 aliphatic carbocycles. The molecule has 0 radical (unpaired) electrons. The Morgan fingerprint density at radius 3 is 2.65 bits per heavy atom. The zero-order valence-electron chi connectivity index (χ0n) is 15.9. The average Bonchev–Trinajstić information content (AvgIpc) is 3.34. The highest BCUT2D eigenvalue weighted by atomic mass is 32.1. The molecule has 3 heterocycles. The maximum Gasteiger partial charge on any atom is 0.424 e. The Bertz CT molecular complexity index is 1300. The van der Waals surface area contributed by atoms with E-state index in [1.165, 1.54) is 24.5 Å². The summed E-state index contributed by atoms with van der Waals surface area (Å²) in [4.78, 5) is 36.3. The van der Waals surface area contributed by atoms with E-state index in [1.54, 1.807) is 29.6 Å². The Morgan fingerprint density at radius 2 is 1.94 bits per heavy atom. The Balaban J connectivity index is 1.60. The lowest BCUT2D eigenvalue weighted by Crippen LogP contribution is -2.46. The number of hydrogen-bond donors (Lipinski definition) is 2. The van der Waals surface area contributed by atoms with Crippen molar-refractivity contribution >= 4 is 49.0 Å². The fourth-order valence-corrected chi connectivity index (χ4v) is 4.81. The third kappa shape index (κ3) is 3.93. The average molecular weight is 468 g/mol. The molecule has 162 valence electrons. The highest BCUT2D eigenvalue weighted by molar-refractivity contribution is 7.18. The lowest BCUT2D eigenvalue weighted by molar-refractivity contribution is -0.268. The number of nitrogens with one attached hydrogen (secondary N) is 1. The van der Waals surface area contributed by atoms with Crippen LogP contribution in [0.15, 0.2) is 40.5 Å². The zero-order valence-corrected chi connectivity index (χ0v) is 17.6. The first-order chi connectivity index (χ1) is 14.6. The van der Waals surface area contributed by atoms with Gasteiger partial charge in [0.2, 0.25) is 11.5 Å². The van der Waals surface area contributed by atoms with E-state index >= 15 is 0 Å². The summed E-state index contributed by atoms with van der Waals surface area (Å²) >= 11 is 1.89. The number of halogens is 3. The number of thiophene rings is 1. The molecule has 0 bridgehead atoms. The van der Waals surface area contributed by atoms with Crippen LogP contribution in [0.3, 0.4) is 0 Å². The molecule has 1 atom stereocenters. The van der Waals surface area contributed by atoms with Crippen LogP contribution < -0.4 is 5.56 Å². The molecule has 0 spiro atoms. The number of hydrogen-bond acceptors (Lipinski definition) is 7. The van der Waals surface area contributed by atoms with E-state index in [4.69, 9.17) is 0 Å². The molecule has 31 heavy (non-hydrogen) atoms. The Morgan fingerprint density at radius 1 is 1.19 bits per heavy atom. The summed E-state index contributed by atoms with van der Waals surface area (Å²) in [5.74, 6) is -0.852. The normalized spacial score (nSPS) is 14.1. The highest BCUT2D eigenvalue weighted by Crippen LogP contribution is 2.44. The van der Waals surface area contributed by atoms with E-state index in [2.05, 4.69) is 15.0 Å². The number of thiazole rings is 1. The van der Waals surface area contributed by atoms with Gasteiger partial charge in [-0.15, -0.1) is 22.7 Å². The SMILES string of the molecule is CN(Cc1nc2ccsc2c(=O)[nH]1)C(=O)C[C@@](O)(c1nc2ccccc2s1)C(F)(F)F. The molecule has 4 aromatic rings. The maximum atomic E-state index is 13.8. The van der Waals surface area contributed by atoms with Gasteiger partial charge in [0.05, 0.1) is 28.7 Å². The highest BCUT2D eigenvalue weighted by Gasteiger charge is 2.58. The number of aliphatic hydroxyl groups is 1. The van der Waals surface area contributed by atoms with Gasteiger partial charge in [0, 0.05) is 7.05 Å². The maximum absolute atomic E-state index is 13.8. The molecule has 7 nitrogen and oxygen atoms in total. The molecule has 1 aromatic carbocycles. The molecule has 12 heteroatoms. The van der Waals surface area contributed by atoms with E-state index < -0.39 is 34.7 Å². The number of carbonyl (C=O) groups excluding carboxylic acids is 1. The number of aromatic nitrogens is 3. The number of amides is 1. The van der Waals surface area contributed by atoms with Crippen LogP contribution in [0.1, 0.15) is 17.3 Å². The lowest BCUT2D eigenvalue weighted by Gasteiger charge is -2.29. The molecule has 0 unspecified atom stereocenters. The molecule has 3 aromatic heterocycles. The Hall–Kier alpha value is -2.83. The van der Waals surface area contributed by atoms with Gasteiger partial charge in [-0.3, -0.25) is 9.59 Å². The topological polar surface area (TPSA) is 99.2 Å². The van der Waals surface area contributed by atoms with Crippen molar-refractivity contribution in [3.05, 3.63) is 56.9 Å². The van der Waals surface area contributed by atoms with E-state index in [0.29, 0.717) is 31.8 Å². The molecule has 0 fully saturated rings. The van der Waals surface area contributed by atoms with Crippen LogP contribution in [-0.2, 0) is 16.9 Å². The van der Waals surface area contributed by atoms with Crippen molar-refractivity contribution < 1.29 is 23.1 Å². The first-order valence-electron chi connectivity index (χ1n) is 8.94. The summed E-state index contributed by atoms with van der Waals surface area (Å²) in [7, 11) is 1.27. The summed E-state index contributed by atoms with van der Waals surface area (Å²) in [6, 6.07) is 8.02. The minimum absolute atomic E-state index is 0.127. The molecule has 4 rings (SSSR count). The molecular weight excluding hydrogens is 453 g/mol. The molecule has 0 saturated heterocycles. The lowest BCUT2D eigenvalue weighted by atomic mass is 9.99. The molecule has 2 N–H and O–H groups in total. The number of para-hydroxylation sites is 1. The Labute approximate surface area is 180 Å². The summed E-state index contributed by atoms with van der Waals surface area (Å²) in [5.41, 5.74) is -3.10. The van der Waals surface area contributed by atoms with Crippen molar-refractivity contribution in [3.63, 3.8) is 0 Å². The van der Waals surface area contributed by atoms with Crippen LogP contribution in [0.4, 0.5) is 13.2 Å². The fourth-order valence-electron chi connectivity index (χ4n) is 3.01. The second-order valence-electron chi connectivity index (χ2n) is 6.92. The van der Waals surface area contributed by atoms with Crippen molar-refractivity contribution in [1.82, 2.24) is 19.9 Å². The first-order valence-corrected chi connectivity index (χ1v) is 10.6. The van der Waals surface area contributed by atoms with Crippen LogP contribution in [0.5, 0.6) is 0 Å². The van der Waals surface area contributed by atoms with Crippen molar-refractivity contribution in [3.8, 4) is 0 Å². The summed E-state index contributed by atoms with van der Waals surface area (Å²) in [6.45, 7) is -0.229. The second-order valence-corrected chi connectivity index (χ2v) is 8.87. The molecule has 0 aliphatic rings. The quantitative estimate of drug-likeness (QED) is 0.468. The van der Waals surface area contributed by atoms with Gasteiger partial charge in [0.25, 0.3) is 5.56 Å². The summed E-state index contributed by atoms with van der Waals surface area (Å²) < 4.78 is 42.4. The van der Waals surface area contributed by atoms with Gasteiger partial charge in [-0.2, -0.15) is 13.2 Å². The fraction of sp³-hybridized carbons (Fsp3) is 0.263. The van der Waals surface area contributed by atoms with Crippen LogP contribution in [0.2, 0.25) is 0 Å². The third-order valence-electron chi connectivity index (χ3n) is 4.70. The van der Waals surface area contributed by atoms with E-state index in [1.807, 2.05) is 0 Å². The van der Waals surface area contributed by atoms with Gasteiger partial charge in [0.1, 0.15) is 15.5 Å². The molecule has 1 amide bonds. The number of alkyl halides is 3. The minimum Gasteiger partial charge on any atom is -0.374 e. The molecule has 0 aliphatic heterocycles. The number of nitrogens with zero attached hydrogens (tertiary/aromatic N) is 3. The monoisotopic (exact) mass is 468 g/mol. The van der Waals surface area contributed by atoms with Crippen LogP contribution in [0.25, 0.3) is 20.4 Å². The van der Waals surface area contributed by atoms with Crippen molar-refractivity contribution in [2.75, 3.05) is 7.05 Å². The second kappa shape index (κ2) is 7.70. The number of carbonyl (C=O) groups is 1. The summed E-state index contributed by atoms with van der Waals surface area (Å²) in [5, 5.41) is 11.7. The number of aromatic amines is 1. The van der Waals surface area contributed by atoms with Crippen molar-refractivity contribution in [2.45, 2.75) is 24.7 Å². The van der Waals surface area contributed by atoms with E-state index in [0.717, 1.165) is 4.90 Å². The standard InChI is InChI=1S/C19H15F3N4O3S2/c1-26(9-13-23-11-6-7-30-15(11)16(28)25-13)14(27)8-18(29,19(20,21)22)17-24-10-4-2-3-5-12(10)31-17/h2-7,29H,8-9H2,1H3,(H,23,25,28)/t18-/m1/s1. The van der Waals surface area contributed by atoms with E-state index in [-0.39, 0.29) is 12.4 Å². The molecular formula is C19H15F3N4O3S2. The van der Waals surface area contributed by atoms with Crippen LogP contribution in [-0.4, -0.2) is 44.1 Å². The van der Waals surface area contributed by atoms with Crippen molar-refractivity contribution in [2.24, 2.45) is 0 Å². The first kappa shape index (κ1) is 21.4.